The third kappa shape index (κ3) is 6.04. The normalized spacial score (nSPS) is 12.9. The molecule has 2 aromatic heterocycles. The van der Waals surface area contributed by atoms with Gasteiger partial charge in [0.15, 0.2) is 0 Å². The SMILES string of the molecule is CNC(=O)c1cc(Oc2ccc3c(c2)nc(Nc2ccc(C(=O)NCCCN4CCCC4=O)cc2)n3C)ccn1. The number of ether oxygens (including phenoxy) is 1. The summed E-state index contributed by atoms with van der Waals surface area (Å²) >= 11 is 0. The van der Waals surface area contributed by atoms with Crippen LogP contribution >= 0.6 is 0 Å². The molecule has 3 heterocycles. The van der Waals surface area contributed by atoms with Gasteiger partial charge in [-0.25, -0.2) is 4.98 Å². The zero-order valence-corrected chi connectivity index (χ0v) is 22.4. The lowest BCUT2D eigenvalue weighted by molar-refractivity contribution is -0.127. The van der Waals surface area contributed by atoms with Gasteiger partial charge >= 0.3 is 0 Å². The summed E-state index contributed by atoms with van der Waals surface area (Å²) in [4.78, 5) is 46.7. The summed E-state index contributed by atoms with van der Waals surface area (Å²) in [5.41, 5.74) is 3.25. The Labute approximate surface area is 231 Å². The fraction of sp³-hybridized carbons (Fsp3) is 0.276. The summed E-state index contributed by atoms with van der Waals surface area (Å²) in [5.74, 6) is 1.47. The number of aromatic nitrogens is 3. The maximum atomic E-state index is 12.5. The van der Waals surface area contributed by atoms with Crippen LogP contribution in [0.25, 0.3) is 11.0 Å². The number of rotatable bonds is 10. The Bertz CT molecular complexity index is 1550. The average molecular weight is 542 g/mol. The number of amides is 3. The van der Waals surface area contributed by atoms with Gasteiger partial charge in [-0.1, -0.05) is 0 Å². The number of pyridine rings is 1. The summed E-state index contributed by atoms with van der Waals surface area (Å²) in [5, 5.41) is 8.77. The van der Waals surface area contributed by atoms with Crippen LogP contribution in [0.5, 0.6) is 11.5 Å². The van der Waals surface area contributed by atoms with Crippen molar-refractivity contribution in [3.05, 3.63) is 72.1 Å². The molecule has 11 nitrogen and oxygen atoms in total. The average Bonchev–Trinajstić information content (AvgIpc) is 3.52. The molecular weight excluding hydrogens is 510 g/mol. The molecule has 40 heavy (non-hydrogen) atoms. The molecule has 0 spiro atoms. The van der Waals surface area contributed by atoms with Crippen molar-refractivity contribution in [2.24, 2.45) is 7.05 Å². The van der Waals surface area contributed by atoms with Crippen LogP contribution in [0.4, 0.5) is 11.6 Å². The Balaban J connectivity index is 1.19. The topological polar surface area (TPSA) is 130 Å². The van der Waals surface area contributed by atoms with E-state index in [4.69, 9.17) is 9.72 Å². The van der Waals surface area contributed by atoms with Gasteiger partial charge in [0.25, 0.3) is 11.8 Å². The zero-order valence-electron chi connectivity index (χ0n) is 22.4. The highest BCUT2D eigenvalue weighted by molar-refractivity contribution is 5.94. The van der Waals surface area contributed by atoms with Gasteiger partial charge in [-0.2, -0.15) is 0 Å². The molecule has 11 heteroatoms. The number of fused-ring (bicyclic) bond motifs is 1. The molecule has 206 valence electrons. The van der Waals surface area contributed by atoms with Crippen LogP contribution in [0, 0.1) is 0 Å². The first-order valence-corrected chi connectivity index (χ1v) is 13.2. The number of hydrogen-bond acceptors (Lipinski definition) is 7. The molecule has 2 aromatic carbocycles. The van der Waals surface area contributed by atoms with Crippen LogP contribution in [-0.2, 0) is 11.8 Å². The van der Waals surface area contributed by atoms with Crippen molar-refractivity contribution < 1.29 is 19.1 Å². The van der Waals surface area contributed by atoms with Crippen LogP contribution in [0.2, 0.25) is 0 Å². The van der Waals surface area contributed by atoms with Crippen molar-refractivity contribution in [3.8, 4) is 11.5 Å². The van der Waals surface area contributed by atoms with Crippen molar-refractivity contribution in [2.75, 3.05) is 32.0 Å². The number of carbonyl (C=O) groups excluding carboxylic acids is 3. The molecule has 0 aliphatic carbocycles. The molecule has 0 radical (unpaired) electrons. The van der Waals surface area contributed by atoms with E-state index < -0.39 is 0 Å². The van der Waals surface area contributed by atoms with E-state index >= 15 is 0 Å². The van der Waals surface area contributed by atoms with Crippen molar-refractivity contribution in [3.63, 3.8) is 0 Å². The Morgan fingerprint density at radius 2 is 1.82 bits per heavy atom. The van der Waals surface area contributed by atoms with E-state index in [1.165, 1.54) is 6.20 Å². The van der Waals surface area contributed by atoms with E-state index in [1.807, 2.05) is 46.8 Å². The molecule has 1 aliphatic rings. The summed E-state index contributed by atoms with van der Waals surface area (Å²) < 4.78 is 7.88. The van der Waals surface area contributed by atoms with Gasteiger partial charge in [-0.3, -0.25) is 19.4 Å². The highest BCUT2D eigenvalue weighted by atomic mass is 16.5. The smallest absolute Gasteiger partial charge is 0.269 e. The zero-order chi connectivity index (χ0) is 28.1. The molecule has 4 aromatic rings. The second-order valence-corrected chi connectivity index (χ2v) is 9.50. The fourth-order valence-electron chi connectivity index (χ4n) is 4.57. The van der Waals surface area contributed by atoms with Crippen molar-refractivity contribution in [1.29, 1.82) is 0 Å². The third-order valence-corrected chi connectivity index (χ3v) is 6.74. The minimum Gasteiger partial charge on any atom is -0.457 e. The monoisotopic (exact) mass is 541 g/mol. The van der Waals surface area contributed by atoms with Crippen molar-refractivity contribution in [1.82, 2.24) is 30.1 Å². The van der Waals surface area contributed by atoms with Crippen LogP contribution in [-0.4, -0.2) is 63.8 Å². The molecule has 0 unspecified atom stereocenters. The maximum Gasteiger partial charge on any atom is 0.269 e. The van der Waals surface area contributed by atoms with Gasteiger partial charge in [-0.15, -0.1) is 0 Å². The molecule has 0 bridgehead atoms. The first-order chi connectivity index (χ1) is 19.4. The van der Waals surface area contributed by atoms with Gasteiger partial charge in [0.2, 0.25) is 11.9 Å². The Morgan fingerprint density at radius 3 is 2.58 bits per heavy atom. The van der Waals surface area contributed by atoms with E-state index in [0.29, 0.717) is 42.5 Å². The predicted octanol–water partition coefficient (Wildman–Crippen LogP) is 3.61. The second kappa shape index (κ2) is 11.9. The van der Waals surface area contributed by atoms with E-state index in [-0.39, 0.29) is 23.4 Å². The summed E-state index contributed by atoms with van der Waals surface area (Å²) in [6.07, 6.45) is 3.81. The van der Waals surface area contributed by atoms with Gasteiger partial charge in [0, 0.05) is 69.7 Å². The third-order valence-electron chi connectivity index (χ3n) is 6.74. The highest BCUT2D eigenvalue weighted by Gasteiger charge is 2.19. The van der Waals surface area contributed by atoms with E-state index in [1.54, 1.807) is 31.3 Å². The van der Waals surface area contributed by atoms with E-state index in [2.05, 4.69) is 20.9 Å². The molecule has 3 amide bonds. The lowest BCUT2D eigenvalue weighted by atomic mass is 10.2. The number of nitrogens with zero attached hydrogens (tertiary/aromatic N) is 4. The lowest BCUT2D eigenvalue weighted by Crippen LogP contribution is -2.30. The largest absolute Gasteiger partial charge is 0.457 e. The molecule has 0 atom stereocenters. The number of likely N-dealkylation sites (tertiary alicyclic amines) is 1. The number of carbonyl (C=O) groups is 3. The Hall–Kier alpha value is -4.93. The second-order valence-electron chi connectivity index (χ2n) is 9.50. The van der Waals surface area contributed by atoms with Gasteiger partial charge in [0.1, 0.15) is 17.2 Å². The molecule has 5 rings (SSSR count). The minimum atomic E-state index is -0.290. The van der Waals surface area contributed by atoms with Crippen LogP contribution in [0.3, 0.4) is 0 Å². The minimum absolute atomic E-state index is 0.147. The van der Waals surface area contributed by atoms with Gasteiger partial charge in [0.05, 0.1) is 11.0 Å². The molecule has 1 saturated heterocycles. The quantitative estimate of drug-likeness (QED) is 0.262. The number of aryl methyl sites for hydroxylation is 1. The van der Waals surface area contributed by atoms with E-state index in [9.17, 15) is 14.4 Å². The van der Waals surface area contributed by atoms with Crippen LogP contribution < -0.4 is 20.7 Å². The predicted molar refractivity (Wildman–Crippen MR) is 151 cm³/mol. The summed E-state index contributed by atoms with van der Waals surface area (Å²) in [7, 11) is 3.46. The number of imidazole rings is 1. The number of hydrogen-bond donors (Lipinski definition) is 3. The molecule has 1 aliphatic heterocycles. The highest BCUT2D eigenvalue weighted by Crippen LogP contribution is 2.28. The number of nitrogens with one attached hydrogen (secondary N) is 3. The molecule has 0 saturated carbocycles. The summed E-state index contributed by atoms with van der Waals surface area (Å²) in [6.45, 7) is 2.01. The number of benzene rings is 2. The Morgan fingerprint density at radius 1 is 1.02 bits per heavy atom. The molecular formula is C29H31N7O4. The first kappa shape index (κ1) is 26.7. The maximum absolute atomic E-state index is 12.5. The van der Waals surface area contributed by atoms with Crippen LogP contribution in [0.1, 0.15) is 40.1 Å². The van der Waals surface area contributed by atoms with E-state index in [0.717, 1.165) is 36.1 Å². The lowest BCUT2D eigenvalue weighted by Gasteiger charge is -2.15. The summed E-state index contributed by atoms with van der Waals surface area (Å²) in [6, 6.07) is 16.0. The van der Waals surface area contributed by atoms with Gasteiger partial charge in [-0.05, 0) is 55.3 Å². The van der Waals surface area contributed by atoms with Crippen molar-refractivity contribution in [2.45, 2.75) is 19.3 Å². The van der Waals surface area contributed by atoms with Crippen LogP contribution in [0.15, 0.2) is 60.8 Å². The number of anilines is 2. The van der Waals surface area contributed by atoms with Gasteiger partial charge < -0.3 is 30.2 Å². The first-order valence-electron chi connectivity index (χ1n) is 13.2. The molecule has 1 fully saturated rings. The molecule has 3 N–H and O–H groups in total. The van der Waals surface area contributed by atoms with Crippen molar-refractivity contribution >= 4 is 40.4 Å². The fourth-order valence-corrected chi connectivity index (χ4v) is 4.57. The Kier molecular flexibility index (Phi) is 7.90. The standard InChI is InChI=1S/C29H31N7O4/c1-30-28(39)24-18-22(12-14-31-24)40-21-10-11-25-23(17-21)34-29(35(25)2)33-20-8-6-19(7-9-20)27(38)32-13-4-16-36-15-3-5-26(36)37/h6-12,14,17-18H,3-5,13,15-16H2,1-2H3,(H,30,39)(H,32,38)(H,33,34).